The van der Waals surface area contributed by atoms with E-state index >= 15 is 0 Å². The molecule has 0 radical (unpaired) electrons. The molecule has 5 nitrogen and oxygen atoms in total. The topological polar surface area (TPSA) is 57.7 Å². The summed E-state index contributed by atoms with van der Waals surface area (Å²) in [4.78, 5) is 16.3. The molecule has 6 heteroatoms. The minimum atomic E-state index is -2.85. The number of likely N-dealkylation sites (tertiary alicyclic amines) is 1. The molecular weight excluding hydrogens is 276 g/mol. The molecule has 0 aliphatic carbocycles. The summed E-state index contributed by atoms with van der Waals surface area (Å²) in [6.07, 6.45) is 4.69. The number of hydrogen-bond donors (Lipinski definition) is 0. The molecule has 1 atom stereocenters. The second-order valence-corrected chi connectivity index (χ2v) is 8.11. The van der Waals surface area contributed by atoms with Gasteiger partial charge in [-0.1, -0.05) is 6.92 Å². The van der Waals surface area contributed by atoms with Gasteiger partial charge in [-0.2, -0.15) is 0 Å². The van der Waals surface area contributed by atoms with Gasteiger partial charge in [-0.25, -0.2) is 8.42 Å². The fourth-order valence-electron chi connectivity index (χ4n) is 3.20. The number of hydrogen-bond acceptors (Lipinski definition) is 4. The molecule has 1 amide bonds. The summed E-state index contributed by atoms with van der Waals surface area (Å²) in [7, 11) is -2.85. The Kier molecular flexibility index (Phi) is 5.43. The Morgan fingerprint density at radius 3 is 2.50 bits per heavy atom. The molecule has 2 saturated heterocycles. The molecule has 0 saturated carbocycles. The van der Waals surface area contributed by atoms with Crippen LogP contribution < -0.4 is 0 Å². The van der Waals surface area contributed by atoms with Crippen molar-refractivity contribution in [2.75, 3.05) is 37.7 Å². The van der Waals surface area contributed by atoms with Gasteiger partial charge < -0.3 is 4.90 Å². The van der Waals surface area contributed by atoms with Gasteiger partial charge in [-0.15, -0.1) is 0 Å². The predicted octanol–water partition coefficient (Wildman–Crippen LogP) is 0.898. The van der Waals surface area contributed by atoms with Crippen molar-refractivity contribution >= 4 is 15.7 Å². The Bertz CT molecular complexity index is 430. The molecule has 116 valence electrons. The Morgan fingerprint density at radius 1 is 1.25 bits per heavy atom. The first kappa shape index (κ1) is 15.8. The maximum absolute atomic E-state index is 12.1. The minimum absolute atomic E-state index is 0.110. The van der Waals surface area contributed by atoms with Gasteiger partial charge in [0.2, 0.25) is 5.91 Å². The molecule has 2 aliphatic heterocycles. The summed E-state index contributed by atoms with van der Waals surface area (Å²) in [6.45, 7) is 5.32. The van der Waals surface area contributed by atoms with E-state index in [0.717, 1.165) is 32.5 Å². The minimum Gasteiger partial charge on any atom is -0.343 e. The summed E-state index contributed by atoms with van der Waals surface area (Å²) in [5.74, 6) is 0.788. The molecule has 0 bridgehead atoms. The van der Waals surface area contributed by atoms with Crippen molar-refractivity contribution in [2.45, 2.75) is 45.1 Å². The first-order chi connectivity index (χ1) is 9.52. The molecule has 1 unspecified atom stereocenters. The molecule has 2 rings (SSSR count). The van der Waals surface area contributed by atoms with Crippen molar-refractivity contribution in [3.63, 3.8) is 0 Å². The largest absolute Gasteiger partial charge is 0.343 e. The molecule has 2 heterocycles. The summed E-state index contributed by atoms with van der Waals surface area (Å²) >= 11 is 0. The van der Waals surface area contributed by atoms with Crippen LogP contribution in [0.1, 0.15) is 39.0 Å². The standard InChI is InChI=1S/C14H26N2O3S/c1-2-15(13-7-11-20(18,19)12-13)10-6-14(17)16-8-4-3-5-9-16/h13H,2-12H2,1H3. The van der Waals surface area contributed by atoms with E-state index in [4.69, 9.17) is 0 Å². The van der Waals surface area contributed by atoms with E-state index < -0.39 is 9.84 Å². The van der Waals surface area contributed by atoms with Gasteiger partial charge in [-0.05, 0) is 32.2 Å². The van der Waals surface area contributed by atoms with E-state index in [2.05, 4.69) is 4.90 Å². The first-order valence-corrected chi connectivity index (χ1v) is 9.56. The van der Waals surface area contributed by atoms with Gasteiger partial charge >= 0.3 is 0 Å². The van der Waals surface area contributed by atoms with Gasteiger partial charge in [0.1, 0.15) is 0 Å². The Balaban J connectivity index is 1.80. The highest BCUT2D eigenvalue weighted by atomic mass is 32.2. The number of amides is 1. The van der Waals surface area contributed by atoms with Crippen LogP contribution in [0.5, 0.6) is 0 Å². The van der Waals surface area contributed by atoms with Crippen LogP contribution >= 0.6 is 0 Å². The van der Waals surface area contributed by atoms with Crippen LogP contribution in [0.2, 0.25) is 0 Å². The monoisotopic (exact) mass is 302 g/mol. The lowest BCUT2D eigenvalue weighted by Gasteiger charge is -2.30. The fraction of sp³-hybridized carbons (Fsp3) is 0.929. The number of rotatable bonds is 5. The third-order valence-corrected chi connectivity index (χ3v) is 6.20. The molecule has 2 fully saturated rings. The summed E-state index contributed by atoms with van der Waals surface area (Å²) in [6, 6.07) is 0.110. The number of carbonyl (C=O) groups is 1. The van der Waals surface area contributed by atoms with Gasteiger partial charge in [0, 0.05) is 32.1 Å². The summed E-state index contributed by atoms with van der Waals surface area (Å²) < 4.78 is 23.1. The second-order valence-electron chi connectivity index (χ2n) is 5.88. The van der Waals surface area contributed by atoms with Crippen LogP contribution in [0.3, 0.4) is 0 Å². The van der Waals surface area contributed by atoms with E-state index in [9.17, 15) is 13.2 Å². The van der Waals surface area contributed by atoms with Gasteiger partial charge in [0.15, 0.2) is 9.84 Å². The maximum Gasteiger partial charge on any atom is 0.223 e. The smallest absolute Gasteiger partial charge is 0.223 e. The normalized spacial score (nSPS) is 26.1. The molecule has 0 aromatic heterocycles. The Hall–Kier alpha value is -0.620. The SMILES string of the molecule is CCN(CCC(=O)N1CCCCC1)C1CCS(=O)(=O)C1. The second kappa shape index (κ2) is 6.89. The quantitative estimate of drug-likeness (QED) is 0.757. The third-order valence-electron chi connectivity index (χ3n) is 4.45. The fourth-order valence-corrected chi connectivity index (χ4v) is 4.96. The number of sulfone groups is 1. The van der Waals surface area contributed by atoms with Gasteiger partial charge in [-0.3, -0.25) is 9.69 Å². The molecular formula is C14H26N2O3S. The van der Waals surface area contributed by atoms with E-state index in [-0.39, 0.29) is 17.7 Å². The van der Waals surface area contributed by atoms with Crippen molar-refractivity contribution in [3.05, 3.63) is 0 Å². The number of carbonyl (C=O) groups excluding carboxylic acids is 1. The lowest BCUT2D eigenvalue weighted by Crippen LogP contribution is -2.41. The van der Waals surface area contributed by atoms with Crippen LogP contribution in [0, 0.1) is 0 Å². The summed E-state index contributed by atoms with van der Waals surface area (Å²) in [5, 5.41) is 0. The molecule has 0 N–H and O–H groups in total. The summed E-state index contributed by atoms with van der Waals surface area (Å²) in [5.41, 5.74) is 0. The van der Waals surface area contributed by atoms with Gasteiger partial charge in [0.05, 0.1) is 11.5 Å². The highest BCUT2D eigenvalue weighted by Crippen LogP contribution is 2.18. The zero-order chi connectivity index (χ0) is 14.6. The zero-order valence-electron chi connectivity index (χ0n) is 12.4. The zero-order valence-corrected chi connectivity index (χ0v) is 13.2. The molecule has 0 aromatic carbocycles. The van der Waals surface area contributed by atoms with Crippen molar-refractivity contribution in [1.29, 1.82) is 0 Å². The van der Waals surface area contributed by atoms with Crippen molar-refractivity contribution in [3.8, 4) is 0 Å². The average molecular weight is 302 g/mol. The molecule has 0 spiro atoms. The first-order valence-electron chi connectivity index (χ1n) is 7.74. The molecule has 0 aromatic rings. The average Bonchev–Trinajstić information content (AvgIpc) is 2.80. The van der Waals surface area contributed by atoms with Crippen LogP contribution in [0.25, 0.3) is 0 Å². The van der Waals surface area contributed by atoms with Crippen molar-refractivity contribution in [2.24, 2.45) is 0 Å². The van der Waals surface area contributed by atoms with Crippen LogP contribution in [-0.2, 0) is 14.6 Å². The molecule has 20 heavy (non-hydrogen) atoms. The van der Waals surface area contributed by atoms with Crippen molar-refractivity contribution < 1.29 is 13.2 Å². The lowest BCUT2D eigenvalue weighted by molar-refractivity contribution is -0.132. The highest BCUT2D eigenvalue weighted by Gasteiger charge is 2.31. The predicted molar refractivity (Wildman–Crippen MR) is 79.4 cm³/mol. The van der Waals surface area contributed by atoms with E-state index in [1.54, 1.807) is 0 Å². The third kappa shape index (κ3) is 4.19. The van der Waals surface area contributed by atoms with Crippen LogP contribution in [0.4, 0.5) is 0 Å². The van der Waals surface area contributed by atoms with Crippen molar-refractivity contribution in [1.82, 2.24) is 9.80 Å². The number of piperidine rings is 1. The Labute approximate surface area is 122 Å². The molecule has 2 aliphatic rings. The number of nitrogens with zero attached hydrogens (tertiary/aromatic N) is 2. The van der Waals surface area contributed by atoms with Crippen LogP contribution in [0.15, 0.2) is 0 Å². The maximum atomic E-state index is 12.1. The van der Waals surface area contributed by atoms with E-state index in [0.29, 0.717) is 25.1 Å². The highest BCUT2D eigenvalue weighted by molar-refractivity contribution is 7.91. The van der Waals surface area contributed by atoms with E-state index in [1.807, 2.05) is 11.8 Å². The van der Waals surface area contributed by atoms with Crippen LogP contribution in [-0.4, -0.2) is 67.9 Å². The van der Waals surface area contributed by atoms with E-state index in [1.165, 1.54) is 6.42 Å². The van der Waals surface area contributed by atoms with Gasteiger partial charge in [0.25, 0.3) is 0 Å². The lowest BCUT2D eigenvalue weighted by atomic mass is 10.1. The Morgan fingerprint density at radius 2 is 1.95 bits per heavy atom.